The van der Waals surface area contributed by atoms with Gasteiger partial charge in [0.1, 0.15) is 0 Å². The molecule has 0 radical (unpaired) electrons. The van der Waals surface area contributed by atoms with E-state index in [1.54, 1.807) is 0 Å². The number of hydrogen-bond acceptors (Lipinski definition) is 7. The fraction of sp³-hybridized carbons (Fsp3) is 0.417. The van der Waals surface area contributed by atoms with Crippen molar-refractivity contribution < 1.29 is 19.1 Å². The van der Waals surface area contributed by atoms with Crippen LogP contribution < -0.4 is 5.32 Å². The minimum atomic E-state index is -0.579. The van der Waals surface area contributed by atoms with Gasteiger partial charge in [0.05, 0.1) is 31.9 Å². The molecule has 104 valence electrons. The van der Waals surface area contributed by atoms with Gasteiger partial charge in [-0.1, -0.05) is 6.92 Å². The summed E-state index contributed by atoms with van der Waals surface area (Å²) in [6, 6.07) is 0. The van der Waals surface area contributed by atoms with Crippen LogP contribution in [0.25, 0.3) is 0 Å². The lowest BCUT2D eigenvalue weighted by Crippen LogP contribution is -2.12. The van der Waals surface area contributed by atoms with Crippen LogP contribution in [0.15, 0.2) is 17.2 Å². The van der Waals surface area contributed by atoms with Gasteiger partial charge in [0.25, 0.3) is 0 Å². The fourth-order valence-corrected chi connectivity index (χ4v) is 1.99. The van der Waals surface area contributed by atoms with Gasteiger partial charge in [0.2, 0.25) is 0 Å². The molecule has 0 unspecified atom stereocenters. The first-order valence-corrected chi connectivity index (χ1v) is 6.53. The Bertz CT molecular complexity index is 482. The topological polar surface area (TPSA) is 77.5 Å². The molecule has 1 aromatic heterocycles. The molecular weight excluding hydrogens is 268 g/mol. The molecule has 1 aromatic rings. The molecule has 0 saturated heterocycles. The van der Waals surface area contributed by atoms with Crippen molar-refractivity contribution in [1.29, 1.82) is 0 Å². The average molecular weight is 284 g/mol. The smallest absolute Gasteiger partial charge is 0.335 e. The Morgan fingerprint density at radius 1 is 1.42 bits per heavy atom. The SMILES string of the molecule is CCc1csc(N/C=C(\CC(=O)OC)C(=O)OC)n1. The second-order valence-corrected chi connectivity index (χ2v) is 4.41. The van der Waals surface area contributed by atoms with Crippen molar-refractivity contribution in [2.24, 2.45) is 0 Å². The number of rotatable bonds is 6. The van der Waals surface area contributed by atoms with Gasteiger partial charge in [0, 0.05) is 11.6 Å². The molecule has 0 atom stereocenters. The molecule has 0 aliphatic carbocycles. The second kappa shape index (κ2) is 7.52. The molecule has 0 fully saturated rings. The molecule has 19 heavy (non-hydrogen) atoms. The van der Waals surface area contributed by atoms with Gasteiger partial charge in [-0.2, -0.15) is 0 Å². The van der Waals surface area contributed by atoms with Crippen LogP contribution in [-0.4, -0.2) is 31.1 Å². The van der Waals surface area contributed by atoms with Crippen molar-refractivity contribution in [3.63, 3.8) is 0 Å². The van der Waals surface area contributed by atoms with E-state index in [-0.39, 0.29) is 12.0 Å². The van der Waals surface area contributed by atoms with Crippen molar-refractivity contribution in [3.8, 4) is 0 Å². The Morgan fingerprint density at radius 3 is 2.68 bits per heavy atom. The maximum atomic E-state index is 11.5. The number of nitrogens with zero attached hydrogens (tertiary/aromatic N) is 1. The van der Waals surface area contributed by atoms with Crippen molar-refractivity contribution >= 4 is 28.4 Å². The van der Waals surface area contributed by atoms with Crippen molar-refractivity contribution in [2.45, 2.75) is 19.8 Å². The molecule has 1 rings (SSSR count). The molecule has 0 amide bonds. The first-order valence-electron chi connectivity index (χ1n) is 5.65. The van der Waals surface area contributed by atoms with Gasteiger partial charge in [-0.15, -0.1) is 11.3 Å². The summed E-state index contributed by atoms with van der Waals surface area (Å²) < 4.78 is 9.12. The largest absolute Gasteiger partial charge is 0.469 e. The minimum Gasteiger partial charge on any atom is -0.469 e. The third kappa shape index (κ3) is 4.70. The number of aryl methyl sites for hydroxylation is 1. The van der Waals surface area contributed by atoms with Gasteiger partial charge < -0.3 is 14.8 Å². The lowest BCUT2D eigenvalue weighted by molar-refractivity contribution is -0.143. The summed E-state index contributed by atoms with van der Waals surface area (Å²) >= 11 is 1.42. The van der Waals surface area contributed by atoms with E-state index in [1.165, 1.54) is 31.8 Å². The second-order valence-electron chi connectivity index (χ2n) is 3.56. The van der Waals surface area contributed by atoms with Crippen molar-refractivity contribution in [2.75, 3.05) is 19.5 Å². The number of carbonyl (C=O) groups is 2. The van der Waals surface area contributed by atoms with Crippen LogP contribution in [0.2, 0.25) is 0 Å². The molecule has 1 N–H and O–H groups in total. The first kappa shape index (κ1) is 15.2. The number of nitrogens with one attached hydrogen (secondary N) is 1. The summed E-state index contributed by atoms with van der Waals surface area (Å²) in [7, 11) is 2.52. The Balaban J connectivity index is 2.76. The number of esters is 2. The van der Waals surface area contributed by atoms with Gasteiger partial charge in [0.15, 0.2) is 5.13 Å². The van der Waals surface area contributed by atoms with Crippen LogP contribution in [0.1, 0.15) is 19.0 Å². The Labute approximate surface area is 115 Å². The summed E-state index contributed by atoms with van der Waals surface area (Å²) in [5.41, 5.74) is 1.15. The molecule has 0 bridgehead atoms. The van der Waals surface area contributed by atoms with Crippen molar-refractivity contribution in [3.05, 3.63) is 22.8 Å². The summed E-state index contributed by atoms with van der Waals surface area (Å²) in [6.45, 7) is 2.01. The zero-order valence-electron chi connectivity index (χ0n) is 11.1. The predicted octanol–water partition coefficient (Wildman–Crippen LogP) is 1.74. The third-order valence-corrected chi connectivity index (χ3v) is 3.12. The quantitative estimate of drug-likeness (QED) is 0.633. The van der Waals surface area contributed by atoms with Gasteiger partial charge in [-0.3, -0.25) is 4.79 Å². The number of methoxy groups -OCH3 is 2. The minimum absolute atomic E-state index is 0.151. The maximum Gasteiger partial charge on any atom is 0.335 e. The van der Waals surface area contributed by atoms with Gasteiger partial charge in [-0.25, -0.2) is 9.78 Å². The lowest BCUT2D eigenvalue weighted by Gasteiger charge is -2.04. The van der Waals surface area contributed by atoms with E-state index in [9.17, 15) is 9.59 Å². The van der Waals surface area contributed by atoms with Crippen LogP contribution in [0.3, 0.4) is 0 Å². The van der Waals surface area contributed by atoms with E-state index >= 15 is 0 Å². The summed E-state index contributed by atoms with van der Waals surface area (Å²) in [5.74, 6) is -1.09. The van der Waals surface area contributed by atoms with Gasteiger partial charge >= 0.3 is 11.9 Å². The van der Waals surface area contributed by atoms with Crippen LogP contribution >= 0.6 is 11.3 Å². The Kier molecular flexibility index (Phi) is 6.01. The highest BCUT2D eigenvalue weighted by Gasteiger charge is 2.15. The highest BCUT2D eigenvalue weighted by Crippen LogP contribution is 2.16. The average Bonchev–Trinajstić information content (AvgIpc) is 2.90. The number of hydrogen-bond donors (Lipinski definition) is 1. The van der Waals surface area contributed by atoms with Crippen LogP contribution in [0.5, 0.6) is 0 Å². The monoisotopic (exact) mass is 284 g/mol. The summed E-state index contributed by atoms with van der Waals surface area (Å²) in [5, 5.41) is 5.46. The molecule has 1 heterocycles. The van der Waals surface area contributed by atoms with E-state index in [2.05, 4.69) is 19.8 Å². The first-order chi connectivity index (χ1) is 9.10. The third-order valence-electron chi connectivity index (χ3n) is 2.29. The summed E-state index contributed by atoms with van der Waals surface area (Å²) in [4.78, 5) is 27.0. The van der Waals surface area contributed by atoms with Crippen LogP contribution in [-0.2, 0) is 25.5 Å². The predicted molar refractivity (Wildman–Crippen MR) is 71.8 cm³/mol. The van der Waals surface area contributed by atoms with Crippen molar-refractivity contribution in [1.82, 2.24) is 4.98 Å². The number of aromatic nitrogens is 1. The van der Waals surface area contributed by atoms with E-state index in [4.69, 9.17) is 0 Å². The zero-order chi connectivity index (χ0) is 14.3. The van der Waals surface area contributed by atoms with Crippen LogP contribution in [0, 0.1) is 0 Å². The Hall–Kier alpha value is -1.89. The van der Waals surface area contributed by atoms with E-state index < -0.39 is 11.9 Å². The lowest BCUT2D eigenvalue weighted by atomic mass is 10.2. The molecule has 0 spiro atoms. The fourth-order valence-electron chi connectivity index (χ4n) is 1.23. The zero-order valence-corrected chi connectivity index (χ0v) is 11.9. The van der Waals surface area contributed by atoms with E-state index in [0.717, 1.165) is 12.1 Å². The van der Waals surface area contributed by atoms with E-state index in [1.807, 2.05) is 12.3 Å². The number of ether oxygens (including phenoxy) is 2. The molecular formula is C12H16N2O4S. The normalized spacial score (nSPS) is 11.0. The number of carbonyl (C=O) groups excluding carboxylic acids is 2. The molecule has 0 aliphatic rings. The Morgan fingerprint density at radius 2 is 2.16 bits per heavy atom. The molecule has 7 heteroatoms. The van der Waals surface area contributed by atoms with E-state index in [0.29, 0.717) is 5.13 Å². The molecule has 0 aliphatic heterocycles. The van der Waals surface area contributed by atoms with Crippen LogP contribution in [0.4, 0.5) is 5.13 Å². The summed E-state index contributed by atoms with van der Waals surface area (Å²) in [6.07, 6.45) is 2.11. The molecule has 6 nitrogen and oxygen atoms in total. The maximum absolute atomic E-state index is 11.5. The number of thiazole rings is 1. The van der Waals surface area contributed by atoms with Gasteiger partial charge in [-0.05, 0) is 6.42 Å². The highest BCUT2D eigenvalue weighted by molar-refractivity contribution is 7.13. The standard InChI is InChI=1S/C12H16N2O4S/c1-4-9-7-19-12(14-9)13-6-8(11(16)18-3)5-10(15)17-2/h6-7H,4-5H2,1-3H3,(H,13,14)/b8-6+. The highest BCUT2D eigenvalue weighted by atomic mass is 32.1. The molecule has 0 aromatic carbocycles. The number of anilines is 1. The molecule has 0 saturated carbocycles.